The van der Waals surface area contributed by atoms with Gasteiger partial charge in [-0.05, 0) is 48.5 Å². The van der Waals surface area contributed by atoms with Gasteiger partial charge in [-0.2, -0.15) is 5.26 Å². The summed E-state index contributed by atoms with van der Waals surface area (Å²) in [5, 5.41) is 17.8. The second-order valence-corrected chi connectivity index (χ2v) is 5.00. The fraction of sp³-hybridized carbons (Fsp3) is 0.133. The van der Waals surface area contributed by atoms with Crippen LogP contribution in [0.15, 0.2) is 53.4 Å². The Morgan fingerprint density at radius 3 is 2.37 bits per heavy atom. The monoisotopic (exact) mass is 271 g/mol. The van der Waals surface area contributed by atoms with E-state index in [0.29, 0.717) is 12.2 Å². The van der Waals surface area contributed by atoms with E-state index in [-0.39, 0.29) is 5.75 Å². The maximum absolute atomic E-state index is 9.16. The lowest BCUT2D eigenvalue weighted by molar-refractivity contribution is 0.344. The minimum Gasteiger partial charge on any atom is -0.508 e. The van der Waals surface area contributed by atoms with Crippen LogP contribution in [0.5, 0.6) is 11.5 Å². The SMILES string of the molecule is N#Cc1ccc(OCCSc2ccc(O)cc2)cc1. The van der Waals surface area contributed by atoms with Crippen molar-refractivity contribution < 1.29 is 9.84 Å². The highest BCUT2D eigenvalue weighted by molar-refractivity contribution is 7.99. The van der Waals surface area contributed by atoms with Crippen molar-refractivity contribution in [2.24, 2.45) is 0 Å². The number of ether oxygens (including phenoxy) is 1. The molecule has 0 amide bonds. The number of hydrogen-bond donors (Lipinski definition) is 1. The van der Waals surface area contributed by atoms with Crippen molar-refractivity contribution in [2.45, 2.75) is 4.90 Å². The summed E-state index contributed by atoms with van der Waals surface area (Å²) < 4.78 is 5.57. The first-order chi connectivity index (χ1) is 9.28. The lowest BCUT2D eigenvalue weighted by atomic mass is 10.2. The molecule has 0 aliphatic carbocycles. The molecule has 0 spiro atoms. The Balaban J connectivity index is 1.74. The zero-order valence-electron chi connectivity index (χ0n) is 10.2. The van der Waals surface area contributed by atoms with E-state index in [1.54, 1.807) is 48.2 Å². The van der Waals surface area contributed by atoms with Gasteiger partial charge in [0, 0.05) is 10.6 Å². The van der Waals surface area contributed by atoms with E-state index in [0.717, 1.165) is 16.4 Å². The molecule has 19 heavy (non-hydrogen) atoms. The lowest BCUT2D eigenvalue weighted by Crippen LogP contribution is -1.99. The minimum absolute atomic E-state index is 0.276. The van der Waals surface area contributed by atoms with Crippen LogP contribution in [0.1, 0.15) is 5.56 Å². The highest BCUT2D eigenvalue weighted by atomic mass is 32.2. The van der Waals surface area contributed by atoms with Crippen LogP contribution < -0.4 is 4.74 Å². The van der Waals surface area contributed by atoms with E-state index in [2.05, 4.69) is 6.07 Å². The number of nitrogens with zero attached hydrogens (tertiary/aromatic N) is 1. The van der Waals surface area contributed by atoms with E-state index in [4.69, 9.17) is 15.1 Å². The molecule has 0 heterocycles. The third-order valence-electron chi connectivity index (χ3n) is 2.44. The number of hydrogen-bond acceptors (Lipinski definition) is 4. The average Bonchev–Trinajstić information content (AvgIpc) is 2.46. The Morgan fingerprint density at radius 2 is 1.74 bits per heavy atom. The molecule has 0 saturated heterocycles. The number of phenolic OH excluding ortho intramolecular Hbond substituents is 1. The summed E-state index contributed by atoms with van der Waals surface area (Å²) >= 11 is 1.67. The second-order valence-electron chi connectivity index (χ2n) is 3.83. The van der Waals surface area contributed by atoms with E-state index >= 15 is 0 Å². The highest BCUT2D eigenvalue weighted by Gasteiger charge is 1.97. The van der Waals surface area contributed by atoms with Crippen molar-refractivity contribution in [1.82, 2.24) is 0 Å². The Kier molecular flexibility index (Phi) is 4.71. The minimum atomic E-state index is 0.276. The number of rotatable bonds is 5. The van der Waals surface area contributed by atoms with Crippen molar-refractivity contribution >= 4 is 11.8 Å². The summed E-state index contributed by atoms with van der Waals surface area (Å²) in [5.41, 5.74) is 0.630. The van der Waals surface area contributed by atoms with Crippen LogP contribution >= 0.6 is 11.8 Å². The van der Waals surface area contributed by atoms with Crippen molar-refractivity contribution in [3.63, 3.8) is 0 Å². The Hall–Kier alpha value is -2.12. The molecule has 3 nitrogen and oxygen atoms in total. The zero-order valence-corrected chi connectivity index (χ0v) is 11.1. The standard InChI is InChI=1S/C15H13NO2S/c16-11-12-1-5-14(6-2-12)18-9-10-19-15-7-3-13(17)4-8-15/h1-8,17H,9-10H2. The summed E-state index contributed by atoms with van der Waals surface area (Å²) in [6.07, 6.45) is 0. The molecule has 0 saturated carbocycles. The number of nitriles is 1. The highest BCUT2D eigenvalue weighted by Crippen LogP contribution is 2.20. The third kappa shape index (κ3) is 4.23. The fourth-order valence-corrected chi connectivity index (χ4v) is 2.22. The van der Waals surface area contributed by atoms with E-state index in [1.807, 2.05) is 12.1 Å². The largest absolute Gasteiger partial charge is 0.508 e. The normalized spacial score (nSPS) is 9.84. The summed E-state index contributed by atoms with van der Waals surface area (Å²) in [5.74, 6) is 1.87. The molecular formula is C15H13NO2S. The Bertz CT molecular complexity index is 558. The molecule has 0 atom stereocenters. The smallest absolute Gasteiger partial charge is 0.119 e. The van der Waals surface area contributed by atoms with Gasteiger partial charge in [0.1, 0.15) is 11.5 Å². The number of aromatic hydroxyl groups is 1. The van der Waals surface area contributed by atoms with Gasteiger partial charge in [0.05, 0.1) is 18.2 Å². The van der Waals surface area contributed by atoms with Gasteiger partial charge in [0.25, 0.3) is 0 Å². The van der Waals surface area contributed by atoms with Crippen LogP contribution in [0.3, 0.4) is 0 Å². The molecule has 0 unspecified atom stereocenters. The molecule has 2 rings (SSSR count). The number of phenols is 1. The van der Waals surface area contributed by atoms with Crippen LogP contribution in [0.2, 0.25) is 0 Å². The van der Waals surface area contributed by atoms with E-state index < -0.39 is 0 Å². The van der Waals surface area contributed by atoms with Crippen LogP contribution in [0, 0.1) is 11.3 Å². The molecular weight excluding hydrogens is 258 g/mol. The second kappa shape index (κ2) is 6.72. The molecule has 96 valence electrons. The molecule has 2 aromatic carbocycles. The van der Waals surface area contributed by atoms with Gasteiger partial charge < -0.3 is 9.84 Å². The van der Waals surface area contributed by atoms with Crippen molar-refractivity contribution in [2.75, 3.05) is 12.4 Å². The summed E-state index contributed by atoms with van der Waals surface area (Å²) in [7, 11) is 0. The first kappa shape index (κ1) is 13.3. The number of benzene rings is 2. The van der Waals surface area contributed by atoms with Gasteiger partial charge in [-0.25, -0.2) is 0 Å². The summed E-state index contributed by atoms with van der Waals surface area (Å²) in [6.45, 7) is 0.595. The molecule has 0 radical (unpaired) electrons. The van der Waals surface area contributed by atoms with Crippen LogP contribution in [-0.4, -0.2) is 17.5 Å². The molecule has 0 aliphatic rings. The van der Waals surface area contributed by atoms with Gasteiger partial charge in [-0.3, -0.25) is 0 Å². The first-order valence-corrected chi connectivity index (χ1v) is 6.81. The van der Waals surface area contributed by atoms with Gasteiger partial charge in [0.2, 0.25) is 0 Å². The predicted molar refractivity (Wildman–Crippen MR) is 75.5 cm³/mol. The van der Waals surface area contributed by atoms with Crippen molar-refractivity contribution in [1.29, 1.82) is 5.26 Å². The number of thioether (sulfide) groups is 1. The van der Waals surface area contributed by atoms with E-state index in [9.17, 15) is 0 Å². The van der Waals surface area contributed by atoms with Crippen LogP contribution in [0.25, 0.3) is 0 Å². The summed E-state index contributed by atoms with van der Waals surface area (Å²) in [6, 6.07) is 16.2. The zero-order chi connectivity index (χ0) is 13.5. The molecule has 0 bridgehead atoms. The molecule has 0 fully saturated rings. The molecule has 4 heteroatoms. The molecule has 2 aromatic rings. The maximum Gasteiger partial charge on any atom is 0.119 e. The fourth-order valence-electron chi connectivity index (χ4n) is 1.49. The molecule has 0 aliphatic heterocycles. The quantitative estimate of drug-likeness (QED) is 0.668. The predicted octanol–water partition coefficient (Wildman–Crippen LogP) is 3.43. The average molecular weight is 271 g/mol. The topological polar surface area (TPSA) is 53.2 Å². The van der Waals surface area contributed by atoms with Crippen molar-refractivity contribution in [3.05, 3.63) is 54.1 Å². The van der Waals surface area contributed by atoms with Gasteiger partial charge in [-0.15, -0.1) is 11.8 Å². The van der Waals surface area contributed by atoms with Gasteiger partial charge in [-0.1, -0.05) is 0 Å². The molecule has 1 N–H and O–H groups in total. The van der Waals surface area contributed by atoms with Crippen LogP contribution in [-0.2, 0) is 0 Å². The maximum atomic E-state index is 9.16. The first-order valence-electron chi connectivity index (χ1n) is 5.83. The summed E-state index contributed by atoms with van der Waals surface area (Å²) in [4.78, 5) is 1.10. The van der Waals surface area contributed by atoms with Crippen LogP contribution in [0.4, 0.5) is 0 Å². The van der Waals surface area contributed by atoms with Gasteiger partial charge in [0.15, 0.2) is 0 Å². The van der Waals surface area contributed by atoms with Crippen molar-refractivity contribution in [3.8, 4) is 17.6 Å². The van der Waals surface area contributed by atoms with Gasteiger partial charge >= 0.3 is 0 Å². The Morgan fingerprint density at radius 1 is 1.05 bits per heavy atom. The Labute approximate surface area is 116 Å². The third-order valence-corrected chi connectivity index (χ3v) is 3.42. The lowest BCUT2D eigenvalue weighted by Gasteiger charge is -2.06. The van der Waals surface area contributed by atoms with E-state index in [1.165, 1.54) is 0 Å². The molecule has 0 aromatic heterocycles.